The molecule has 1 unspecified atom stereocenters. The number of amides is 1. The Labute approximate surface area is 133 Å². The van der Waals surface area contributed by atoms with E-state index in [0.29, 0.717) is 5.92 Å². The van der Waals surface area contributed by atoms with E-state index < -0.39 is 5.41 Å². The minimum atomic E-state index is -0.457. The highest BCUT2D eigenvalue weighted by molar-refractivity contribution is 6.06. The minimum absolute atomic E-state index is 0.0368. The second kappa shape index (κ2) is 5.69. The number of hydrogen-bond acceptors (Lipinski definition) is 2. The first-order valence-electron chi connectivity index (χ1n) is 8.69. The van der Waals surface area contributed by atoms with Crippen molar-refractivity contribution in [2.45, 2.75) is 70.8 Å². The monoisotopic (exact) mass is 300 g/mol. The third kappa shape index (κ3) is 2.45. The fourth-order valence-electron chi connectivity index (χ4n) is 3.97. The van der Waals surface area contributed by atoms with E-state index in [9.17, 15) is 4.79 Å². The maximum absolute atomic E-state index is 12.4. The smallest absolute Gasteiger partial charge is 0.234 e. The molecule has 1 amide bonds. The summed E-state index contributed by atoms with van der Waals surface area (Å²) in [7, 11) is 0. The highest BCUT2D eigenvalue weighted by Gasteiger charge is 2.41. The molecule has 0 saturated heterocycles. The average Bonchev–Trinajstić information content (AvgIpc) is 2.76. The van der Waals surface area contributed by atoms with Gasteiger partial charge in [0.05, 0.1) is 5.41 Å². The van der Waals surface area contributed by atoms with Gasteiger partial charge in [0.2, 0.25) is 5.91 Å². The van der Waals surface area contributed by atoms with Crippen molar-refractivity contribution in [3.63, 3.8) is 0 Å². The summed E-state index contributed by atoms with van der Waals surface area (Å²) in [5.74, 6) is 0.637. The second-order valence-corrected chi connectivity index (χ2v) is 7.46. The van der Waals surface area contributed by atoms with E-state index in [4.69, 9.17) is 5.73 Å². The van der Waals surface area contributed by atoms with Crippen LogP contribution in [0.5, 0.6) is 0 Å². The maximum atomic E-state index is 12.4. The molecule has 0 spiro atoms. The molecule has 0 radical (unpaired) electrons. The molecule has 1 aromatic carbocycles. The fraction of sp³-hybridized carbons (Fsp3) is 0.632. The average molecular weight is 300 g/mol. The quantitative estimate of drug-likeness (QED) is 0.884. The van der Waals surface area contributed by atoms with Gasteiger partial charge >= 0.3 is 0 Å². The molecule has 3 heteroatoms. The van der Waals surface area contributed by atoms with Gasteiger partial charge in [0, 0.05) is 11.7 Å². The van der Waals surface area contributed by atoms with Crippen LogP contribution in [-0.4, -0.2) is 5.91 Å². The molecule has 0 aromatic heterocycles. The van der Waals surface area contributed by atoms with Crippen molar-refractivity contribution in [1.82, 2.24) is 0 Å². The summed E-state index contributed by atoms with van der Waals surface area (Å²) in [5, 5.41) is 3.11. The van der Waals surface area contributed by atoms with Gasteiger partial charge < -0.3 is 11.1 Å². The second-order valence-electron chi connectivity index (χ2n) is 7.46. The van der Waals surface area contributed by atoms with Gasteiger partial charge in [0.15, 0.2) is 0 Å². The molecule has 0 bridgehead atoms. The Bertz CT molecular complexity index is 585. The summed E-state index contributed by atoms with van der Waals surface area (Å²) in [6.07, 6.45) is 7.30. The fourth-order valence-corrected chi connectivity index (χ4v) is 3.97. The molecule has 1 fully saturated rings. The van der Waals surface area contributed by atoms with E-state index in [1.165, 1.54) is 37.7 Å². The number of anilines is 1. The third-order valence-electron chi connectivity index (χ3n) is 5.63. The van der Waals surface area contributed by atoms with E-state index in [2.05, 4.69) is 24.4 Å². The number of carbonyl (C=O) groups excluding carboxylic acids is 1. The van der Waals surface area contributed by atoms with E-state index in [-0.39, 0.29) is 11.9 Å². The summed E-state index contributed by atoms with van der Waals surface area (Å²) in [5.41, 5.74) is 10.7. The third-order valence-corrected chi connectivity index (χ3v) is 5.63. The molecule has 3 rings (SSSR count). The van der Waals surface area contributed by atoms with Crippen LogP contribution in [0.3, 0.4) is 0 Å². The molecular weight excluding hydrogens is 272 g/mol. The molecule has 1 atom stereocenters. The summed E-state index contributed by atoms with van der Waals surface area (Å²) >= 11 is 0. The number of hydrogen-bond donors (Lipinski definition) is 2. The number of nitrogens with one attached hydrogen (secondary N) is 1. The van der Waals surface area contributed by atoms with Gasteiger partial charge in [-0.05, 0) is 55.7 Å². The van der Waals surface area contributed by atoms with Crippen LogP contribution < -0.4 is 11.1 Å². The van der Waals surface area contributed by atoms with Crippen molar-refractivity contribution in [3.05, 3.63) is 28.8 Å². The highest BCUT2D eigenvalue weighted by atomic mass is 16.2. The Kier molecular flexibility index (Phi) is 4.02. The first-order valence-corrected chi connectivity index (χ1v) is 8.69. The van der Waals surface area contributed by atoms with Crippen molar-refractivity contribution < 1.29 is 4.79 Å². The summed E-state index contributed by atoms with van der Waals surface area (Å²) in [6.45, 7) is 6.17. The number of benzene rings is 1. The van der Waals surface area contributed by atoms with Crippen molar-refractivity contribution in [2.24, 2.45) is 11.7 Å². The van der Waals surface area contributed by atoms with Gasteiger partial charge in [-0.3, -0.25) is 4.79 Å². The Hall–Kier alpha value is -1.35. The van der Waals surface area contributed by atoms with Crippen molar-refractivity contribution >= 4 is 11.6 Å². The normalized spacial score (nSPS) is 22.3. The van der Waals surface area contributed by atoms with E-state index >= 15 is 0 Å². The topological polar surface area (TPSA) is 55.1 Å². The molecule has 1 aliphatic heterocycles. The maximum Gasteiger partial charge on any atom is 0.234 e. The molecule has 1 aliphatic carbocycles. The molecule has 1 aromatic rings. The first-order chi connectivity index (χ1) is 10.4. The zero-order valence-electron chi connectivity index (χ0n) is 14.0. The Morgan fingerprint density at radius 3 is 2.59 bits per heavy atom. The number of nitrogens with two attached hydrogens (primary N) is 1. The van der Waals surface area contributed by atoms with E-state index in [0.717, 1.165) is 23.2 Å². The number of aryl methyl sites for hydroxylation is 1. The number of rotatable bonds is 3. The Morgan fingerprint density at radius 1 is 1.27 bits per heavy atom. The zero-order chi connectivity index (χ0) is 15.9. The van der Waals surface area contributed by atoms with Gasteiger partial charge in [-0.1, -0.05) is 38.3 Å². The zero-order valence-corrected chi connectivity index (χ0v) is 14.0. The largest absolute Gasteiger partial charge is 0.325 e. The van der Waals surface area contributed by atoms with Crippen LogP contribution in [0.1, 0.15) is 75.6 Å². The molecule has 1 saturated carbocycles. The molecule has 120 valence electrons. The van der Waals surface area contributed by atoms with Crippen LogP contribution in [0.4, 0.5) is 5.69 Å². The lowest BCUT2D eigenvalue weighted by Gasteiger charge is -2.29. The van der Waals surface area contributed by atoms with E-state index in [1.807, 2.05) is 13.8 Å². The van der Waals surface area contributed by atoms with Crippen molar-refractivity contribution in [3.8, 4) is 0 Å². The molecule has 22 heavy (non-hydrogen) atoms. The van der Waals surface area contributed by atoms with Crippen LogP contribution in [0.2, 0.25) is 0 Å². The molecule has 1 heterocycles. The Balaban J connectivity index is 2.04. The molecule has 3 nitrogen and oxygen atoms in total. The number of fused-ring (bicyclic) bond motifs is 1. The first kappa shape index (κ1) is 15.5. The van der Waals surface area contributed by atoms with Crippen molar-refractivity contribution in [1.29, 1.82) is 0 Å². The van der Waals surface area contributed by atoms with Gasteiger partial charge in [0.1, 0.15) is 0 Å². The predicted octanol–water partition coefficient (Wildman–Crippen LogP) is 4.06. The SMILES string of the molecule is CCc1cc(C(N)C2CCCCC2)c2c(c1)C(C)(C)C(=O)N2. The highest BCUT2D eigenvalue weighted by Crippen LogP contribution is 2.44. The standard InChI is InChI=1S/C19H28N2O/c1-4-12-10-14(16(20)13-8-6-5-7-9-13)17-15(11-12)19(2,3)18(22)21-17/h10-11,13,16H,4-9,20H2,1-3H3,(H,21,22). The van der Waals surface area contributed by atoms with Crippen LogP contribution in [0, 0.1) is 5.92 Å². The minimum Gasteiger partial charge on any atom is -0.325 e. The lowest BCUT2D eigenvalue weighted by atomic mass is 9.78. The van der Waals surface area contributed by atoms with Crippen LogP contribution in [-0.2, 0) is 16.6 Å². The molecule has 2 aliphatic rings. The number of carbonyl (C=O) groups is 1. The predicted molar refractivity (Wildman–Crippen MR) is 91.0 cm³/mol. The summed E-state index contributed by atoms with van der Waals surface area (Å²) in [4.78, 5) is 12.4. The van der Waals surface area contributed by atoms with Gasteiger partial charge in [-0.15, -0.1) is 0 Å². The summed E-state index contributed by atoms with van der Waals surface area (Å²) < 4.78 is 0. The molecule has 3 N–H and O–H groups in total. The molecular formula is C19H28N2O. The lowest BCUT2D eigenvalue weighted by Crippen LogP contribution is -2.26. The van der Waals surface area contributed by atoms with Crippen LogP contribution >= 0.6 is 0 Å². The van der Waals surface area contributed by atoms with Gasteiger partial charge in [-0.25, -0.2) is 0 Å². The van der Waals surface area contributed by atoms with E-state index in [1.54, 1.807) is 0 Å². The lowest BCUT2D eigenvalue weighted by molar-refractivity contribution is -0.119. The van der Waals surface area contributed by atoms with Crippen LogP contribution in [0.25, 0.3) is 0 Å². The Morgan fingerprint density at radius 2 is 1.95 bits per heavy atom. The summed E-state index contributed by atoms with van der Waals surface area (Å²) in [6, 6.07) is 4.44. The van der Waals surface area contributed by atoms with Crippen LogP contribution in [0.15, 0.2) is 12.1 Å². The van der Waals surface area contributed by atoms with Crippen molar-refractivity contribution in [2.75, 3.05) is 5.32 Å². The van der Waals surface area contributed by atoms with Gasteiger partial charge in [0.25, 0.3) is 0 Å². The van der Waals surface area contributed by atoms with Gasteiger partial charge in [-0.2, -0.15) is 0 Å².